The molecule has 1 amide bonds. The predicted octanol–water partition coefficient (Wildman–Crippen LogP) is 5.10. The van der Waals surface area contributed by atoms with Gasteiger partial charge < -0.3 is 75.3 Å². The van der Waals surface area contributed by atoms with E-state index in [4.69, 9.17) is 18.9 Å². The zero-order chi connectivity index (χ0) is 49.2. The molecule has 2 rings (SSSR count). The molecule has 16 heteroatoms. The van der Waals surface area contributed by atoms with E-state index in [1.807, 2.05) is 6.08 Å². The fourth-order valence-corrected chi connectivity index (χ4v) is 8.82. The van der Waals surface area contributed by atoms with Crippen molar-refractivity contribution in [2.75, 3.05) is 19.8 Å². The number of aliphatic hydroxyl groups excluding tert-OH is 10. The first kappa shape index (κ1) is 61.8. The van der Waals surface area contributed by atoms with Gasteiger partial charge in [-0.25, -0.2) is 0 Å². The summed E-state index contributed by atoms with van der Waals surface area (Å²) in [4.78, 5) is 13.3. The van der Waals surface area contributed by atoms with Gasteiger partial charge in [0.25, 0.3) is 0 Å². The second-order valence-electron chi connectivity index (χ2n) is 19.3. The van der Waals surface area contributed by atoms with Crippen LogP contribution in [0, 0.1) is 0 Å². The van der Waals surface area contributed by atoms with Crippen LogP contribution in [0.2, 0.25) is 0 Å². The van der Waals surface area contributed by atoms with Gasteiger partial charge in [0.2, 0.25) is 5.91 Å². The molecule has 0 aromatic carbocycles. The van der Waals surface area contributed by atoms with Crippen molar-refractivity contribution in [3.05, 3.63) is 12.2 Å². The first-order valence-electron chi connectivity index (χ1n) is 26.6. The van der Waals surface area contributed by atoms with E-state index in [-0.39, 0.29) is 12.8 Å². The number of carbonyl (C=O) groups is 1. The van der Waals surface area contributed by atoms with Crippen LogP contribution in [0.15, 0.2) is 12.2 Å². The maximum Gasteiger partial charge on any atom is 0.249 e. The van der Waals surface area contributed by atoms with Crippen LogP contribution < -0.4 is 5.32 Å². The minimum absolute atomic E-state index is 0.0667. The first-order chi connectivity index (χ1) is 32.4. The lowest BCUT2D eigenvalue weighted by atomic mass is 9.98. The average Bonchev–Trinajstić information content (AvgIpc) is 3.32. The maximum absolute atomic E-state index is 13.3. The fourth-order valence-electron chi connectivity index (χ4n) is 8.82. The lowest BCUT2D eigenvalue weighted by Crippen LogP contribution is -2.62. The van der Waals surface area contributed by atoms with Crippen LogP contribution in [0.3, 0.4) is 0 Å². The minimum atomic E-state index is -1.83. The lowest BCUT2D eigenvalue weighted by molar-refractivity contribution is -0.331. The summed E-state index contributed by atoms with van der Waals surface area (Å²) in [7, 11) is 0. The SMILES string of the molecule is CCCCCCCCCC/C=C/C[C@@H](O)[C@@H](O)[C@H](CO[C@@H]1OC(CO[C@H]2OC(CO)[C@H](O)C(O)C2O)[C@@H](O)C(O)C1O)NC(=O)[C@H](O)CCCCCCCCCCCCCCCCCCCC. The van der Waals surface area contributed by atoms with E-state index in [1.54, 1.807) is 6.08 Å². The van der Waals surface area contributed by atoms with E-state index >= 15 is 0 Å². The van der Waals surface area contributed by atoms with Crippen LogP contribution in [0.5, 0.6) is 0 Å². The van der Waals surface area contributed by atoms with Crippen LogP contribution >= 0.6 is 0 Å². The molecule has 6 unspecified atom stereocenters. The zero-order valence-corrected chi connectivity index (χ0v) is 41.4. The van der Waals surface area contributed by atoms with Gasteiger partial charge in [0, 0.05) is 0 Å². The number of nitrogens with one attached hydrogen (secondary N) is 1. The molecule has 2 saturated heterocycles. The Morgan fingerprint density at radius 1 is 0.537 bits per heavy atom. The molecule has 11 N–H and O–H groups in total. The Labute approximate surface area is 402 Å². The second-order valence-corrected chi connectivity index (χ2v) is 19.3. The number of hydrogen-bond donors (Lipinski definition) is 11. The Balaban J connectivity index is 1.87. The third kappa shape index (κ3) is 25.6. The third-order valence-electron chi connectivity index (χ3n) is 13.4. The van der Waals surface area contributed by atoms with Crippen molar-refractivity contribution in [2.24, 2.45) is 0 Å². The highest BCUT2D eigenvalue weighted by Crippen LogP contribution is 2.27. The molecule has 2 aliphatic heterocycles. The van der Waals surface area contributed by atoms with Crippen molar-refractivity contribution in [2.45, 2.75) is 286 Å². The van der Waals surface area contributed by atoms with Crippen molar-refractivity contribution in [3.8, 4) is 0 Å². The lowest BCUT2D eigenvalue weighted by Gasteiger charge is -2.43. The quantitative estimate of drug-likeness (QED) is 0.0281. The Hall–Kier alpha value is -1.35. The highest BCUT2D eigenvalue weighted by molar-refractivity contribution is 5.80. The van der Waals surface area contributed by atoms with Gasteiger partial charge in [-0.1, -0.05) is 187 Å². The summed E-state index contributed by atoms with van der Waals surface area (Å²) in [5.74, 6) is -0.775. The number of allylic oxidation sites excluding steroid dienone is 1. The summed E-state index contributed by atoms with van der Waals surface area (Å²) in [6, 6.07) is -1.30. The zero-order valence-electron chi connectivity index (χ0n) is 41.4. The van der Waals surface area contributed by atoms with Crippen LogP contribution in [-0.4, -0.2) is 163 Å². The molecular weight excluding hydrogens is 867 g/mol. The maximum atomic E-state index is 13.3. The standard InChI is InChI=1S/C51H97NO15/c1-3-5-7-9-11-13-15-16-17-18-19-20-21-23-25-27-29-31-33-39(55)49(63)52-37(42(56)38(54)32-30-28-26-24-22-14-12-10-8-6-4-2)35-64-50-48(62)46(60)44(58)41(67-50)36-65-51-47(61)45(59)43(57)40(34-53)66-51/h28,30,37-48,50-51,53-62H,3-27,29,31-36H2,1-2H3,(H,52,63)/b30-28+/t37-,38+,39+,40?,41?,42-,43-,44+,45?,46?,47?,48?,50+,51-/m0/s1. The number of amides is 1. The third-order valence-corrected chi connectivity index (χ3v) is 13.4. The Morgan fingerprint density at radius 2 is 0.955 bits per heavy atom. The fraction of sp³-hybridized carbons (Fsp3) is 0.941. The smallest absolute Gasteiger partial charge is 0.249 e. The summed E-state index contributed by atoms with van der Waals surface area (Å²) in [5.41, 5.74) is 0. The molecular formula is C51H97NO15. The normalized spacial score (nSPS) is 27.6. The summed E-state index contributed by atoms with van der Waals surface area (Å²) < 4.78 is 22.3. The van der Waals surface area contributed by atoms with E-state index in [2.05, 4.69) is 19.2 Å². The van der Waals surface area contributed by atoms with Crippen molar-refractivity contribution < 1.29 is 74.8 Å². The van der Waals surface area contributed by atoms with Crippen LogP contribution in [0.25, 0.3) is 0 Å². The highest BCUT2D eigenvalue weighted by Gasteiger charge is 2.48. The molecule has 0 radical (unpaired) electrons. The number of unbranched alkanes of at least 4 members (excludes halogenated alkanes) is 25. The Kier molecular flexibility index (Phi) is 35.3. The Bertz CT molecular complexity index is 1220. The minimum Gasteiger partial charge on any atom is -0.394 e. The molecule has 14 atom stereocenters. The van der Waals surface area contributed by atoms with Gasteiger partial charge in [-0.2, -0.15) is 0 Å². The molecule has 0 spiro atoms. The van der Waals surface area contributed by atoms with E-state index in [9.17, 15) is 55.9 Å². The number of ether oxygens (including phenoxy) is 4. The van der Waals surface area contributed by atoms with Crippen molar-refractivity contribution >= 4 is 5.91 Å². The van der Waals surface area contributed by atoms with Gasteiger partial charge in [0.1, 0.15) is 61.0 Å². The van der Waals surface area contributed by atoms with Gasteiger partial charge in [0.05, 0.1) is 32.0 Å². The van der Waals surface area contributed by atoms with Gasteiger partial charge in [-0.3, -0.25) is 4.79 Å². The first-order valence-corrected chi connectivity index (χ1v) is 26.6. The molecule has 16 nitrogen and oxygen atoms in total. The van der Waals surface area contributed by atoms with Crippen LogP contribution in [0.4, 0.5) is 0 Å². The molecule has 0 saturated carbocycles. The Morgan fingerprint density at radius 3 is 1.43 bits per heavy atom. The summed E-state index contributed by atoms with van der Waals surface area (Å²) in [5, 5.41) is 108. The number of aliphatic hydroxyl groups is 10. The molecule has 2 fully saturated rings. The average molecular weight is 964 g/mol. The second kappa shape index (κ2) is 38.3. The molecule has 0 bridgehead atoms. The van der Waals surface area contributed by atoms with Crippen LogP contribution in [-0.2, 0) is 23.7 Å². The number of carbonyl (C=O) groups excluding carboxylic acids is 1. The van der Waals surface area contributed by atoms with Gasteiger partial charge in [-0.05, 0) is 25.7 Å². The summed E-state index contributed by atoms with van der Waals surface area (Å²) in [6.45, 7) is 2.63. The monoisotopic (exact) mass is 964 g/mol. The van der Waals surface area contributed by atoms with Gasteiger partial charge in [-0.15, -0.1) is 0 Å². The summed E-state index contributed by atoms with van der Waals surface area (Å²) in [6.07, 6.45) is 15.7. The van der Waals surface area contributed by atoms with Crippen LogP contribution in [0.1, 0.15) is 200 Å². The molecule has 2 aliphatic rings. The topological polar surface area (TPSA) is 268 Å². The largest absolute Gasteiger partial charge is 0.394 e. The highest BCUT2D eigenvalue weighted by atomic mass is 16.7. The van der Waals surface area contributed by atoms with E-state index in [0.717, 1.165) is 38.5 Å². The molecule has 0 aromatic heterocycles. The van der Waals surface area contributed by atoms with Crippen molar-refractivity contribution in [3.63, 3.8) is 0 Å². The molecule has 0 aromatic rings. The predicted molar refractivity (Wildman–Crippen MR) is 257 cm³/mol. The van der Waals surface area contributed by atoms with Gasteiger partial charge in [0.15, 0.2) is 12.6 Å². The van der Waals surface area contributed by atoms with E-state index < -0.39 is 111 Å². The molecule has 67 heavy (non-hydrogen) atoms. The van der Waals surface area contributed by atoms with E-state index in [1.165, 1.54) is 128 Å². The van der Waals surface area contributed by atoms with Crippen molar-refractivity contribution in [1.29, 1.82) is 0 Å². The molecule has 2 heterocycles. The molecule has 396 valence electrons. The van der Waals surface area contributed by atoms with Crippen molar-refractivity contribution in [1.82, 2.24) is 5.32 Å². The number of rotatable bonds is 41. The molecule has 0 aliphatic carbocycles. The van der Waals surface area contributed by atoms with Gasteiger partial charge >= 0.3 is 0 Å². The number of hydrogen-bond acceptors (Lipinski definition) is 15. The van der Waals surface area contributed by atoms with E-state index in [0.29, 0.717) is 6.42 Å². The summed E-state index contributed by atoms with van der Waals surface area (Å²) >= 11 is 0.